The molecule has 1 unspecified atom stereocenters. The fraction of sp³-hybridized carbons (Fsp3) is 0.211. The van der Waals surface area contributed by atoms with Gasteiger partial charge in [-0.3, -0.25) is 5.10 Å². The molecule has 3 heterocycles. The highest BCUT2D eigenvalue weighted by Crippen LogP contribution is 2.27. The van der Waals surface area contributed by atoms with Gasteiger partial charge in [0, 0.05) is 24.6 Å². The van der Waals surface area contributed by atoms with Crippen LogP contribution in [0, 0.1) is 12.7 Å². The van der Waals surface area contributed by atoms with Gasteiger partial charge in [0.2, 0.25) is 0 Å². The first-order chi connectivity index (χ1) is 13.1. The number of benzene rings is 1. The van der Waals surface area contributed by atoms with Crippen molar-refractivity contribution in [3.63, 3.8) is 0 Å². The third-order valence-corrected chi connectivity index (χ3v) is 4.10. The van der Waals surface area contributed by atoms with Gasteiger partial charge in [0.15, 0.2) is 17.5 Å². The summed E-state index contributed by atoms with van der Waals surface area (Å²) in [5.74, 6) is 1.45. The number of halogens is 1. The molecule has 2 N–H and O–H groups in total. The molecule has 1 atom stereocenters. The summed E-state index contributed by atoms with van der Waals surface area (Å²) >= 11 is 0. The molecule has 3 aromatic heterocycles. The lowest BCUT2D eigenvalue weighted by Gasteiger charge is -2.17. The Labute approximate surface area is 155 Å². The Balaban J connectivity index is 1.78. The summed E-state index contributed by atoms with van der Waals surface area (Å²) in [6.07, 6.45) is 1.33. The van der Waals surface area contributed by atoms with Crippen LogP contribution in [-0.4, -0.2) is 31.4 Å². The lowest BCUT2D eigenvalue weighted by atomic mass is 10.1. The van der Waals surface area contributed by atoms with E-state index in [0.29, 0.717) is 24.1 Å². The molecule has 0 aliphatic heterocycles. The zero-order valence-electron chi connectivity index (χ0n) is 15.0. The summed E-state index contributed by atoms with van der Waals surface area (Å²) in [6.45, 7) is 4.29. The van der Waals surface area contributed by atoms with Crippen LogP contribution in [0.25, 0.3) is 5.52 Å². The van der Waals surface area contributed by atoms with Crippen molar-refractivity contribution >= 4 is 17.2 Å². The summed E-state index contributed by atoms with van der Waals surface area (Å²) in [7, 11) is 0. The SMILES string of the molecule is CCOC(c1ccc(F)cc1)c1nc(Nc2cc(C)[nH]n2)c2cccn2n1. The van der Waals surface area contributed by atoms with Crippen LogP contribution in [0.15, 0.2) is 48.7 Å². The lowest BCUT2D eigenvalue weighted by molar-refractivity contribution is 0.0842. The second-order valence-electron chi connectivity index (χ2n) is 6.10. The van der Waals surface area contributed by atoms with Crippen LogP contribution in [-0.2, 0) is 4.74 Å². The zero-order valence-corrected chi connectivity index (χ0v) is 15.0. The first kappa shape index (κ1) is 17.2. The molecule has 4 aromatic rings. The van der Waals surface area contributed by atoms with Crippen molar-refractivity contribution in [3.8, 4) is 0 Å². The number of hydrogen-bond acceptors (Lipinski definition) is 5. The second-order valence-corrected chi connectivity index (χ2v) is 6.10. The Kier molecular flexibility index (Phi) is 4.55. The van der Waals surface area contributed by atoms with Gasteiger partial charge in [-0.25, -0.2) is 13.9 Å². The molecular weight excluding hydrogens is 347 g/mol. The number of aromatic nitrogens is 5. The molecular formula is C19H19FN6O. The summed E-state index contributed by atoms with van der Waals surface area (Å²) < 4.78 is 20.9. The minimum absolute atomic E-state index is 0.299. The van der Waals surface area contributed by atoms with Crippen LogP contribution in [0.5, 0.6) is 0 Å². The van der Waals surface area contributed by atoms with Crippen LogP contribution in [0.3, 0.4) is 0 Å². The number of rotatable bonds is 6. The number of fused-ring (bicyclic) bond motifs is 1. The largest absolute Gasteiger partial charge is 0.366 e. The molecule has 4 rings (SSSR count). The van der Waals surface area contributed by atoms with E-state index >= 15 is 0 Å². The molecule has 0 bridgehead atoms. The third-order valence-electron chi connectivity index (χ3n) is 4.10. The smallest absolute Gasteiger partial charge is 0.184 e. The van der Waals surface area contributed by atoms with E-state index in [1.54, 1.807) is 16.6 Å². The fourth-order valence-electron chi connectivity index (χ4n) is 2.88. The number of nitrogens with one attached hydrogen (secondary N) is 2. The molecule has 0 spiro atoms. The molecule has 8 heteroatoms. The molecule has 138 valence electrons. The second kappa shape index (κ2) is 7.16. The molecule has 27 heavy (non-hydrogen) atoms. The molecule has 0 radical (unpaired) electrons. The van der Waals surface area contributed by atoms with Gasteiger partial charge in [-0.1, -0.05) is 12.1 Å². The van der Waals surface area contributed by atoms with Gasteiger partial charge < -0.3 is 10.1 Å². The van der Waals surface area contributed by atoms with Gasteiger partial charge in [0.05, 0.1) is 0 Å². The molecule has 7 nitrogen and oxygen atoms in total. The van der Waals surface area contributed by atoms with Crippen molar-refractivity contribution < 1.29 is 9.13 Å². The van der Waals surface area contributed by atoms with Gasteiger partial charge in [0.1, 0.15) is 17.4 Å². The average Bonchev–Trinajstić information content (AvgIpc) is 3.29. The highest BCUT2D eigenvalue weighted by Gasteiger charge is 2.20. The van der Waals surface area contributed by atoms with E-state index in [9.17, 15) is 4.39 Å². The van der Waals surface area contributed by atoms with Crippen LogP contribution < -0.4 is 5.32 Å². The molecule has 0 saturated carbocycles. The van der Waals surface area contributed by atoms with Crippen molar-refractivity contribution in [2.75, 3.05) is 11.9 Å². The van der Waals surface area contributed by atoms with Gasteiger partial charge in [0.25, 0.3) is 0 Å². The predicted octanol–water partition coefficient (Wildman–Crippen LogP) is 3.77. The van der Waals surface area contributed by atoms with E-state index in [4.69, 9.17) is 4.74 Å². The van der Waals surface area contributed by atoms with Gasteiger partial charge in [-0.2, -0.15) is 5.10 Å². The Bertz CT molecular complexity index is 1060. The molecule has 0 fully saturated rings. The molecule has 0 saturated heterocycles. The van der Waals surface area contributed by atoms with E-state index < -0.39 is 6.10 Å². The van der Waals surface area contributed by atoms with Gasteiger partial charge in [-0.05, 0) is 43.7 Å². The number of hydrogen-bond donors (Lipinski definition) is 2. The number of ether oxygens (including phenoxy) is 1. The average molecular weight is 366 g/mol. The topological polar surface area (TPSA) is 80.1 Å². The van der Waals surface area contributed by atoms with Crippen LogP contribution in [0.4, 0.5) is 16.0 Å². The van der Waals surface area contributed by atoms with Crippen molar-refractivity contribution in [3.05, 3.63) is 71.6 Å². The Morgan fingerprint density at radius 1 is 1.26 bits per heavy atom. The van der Waals surface area contributed by atoms with Crippen molar-refractivity contribution in [2.45, 2.75) is 20.0 Å². The van der Waals surface area contributed by atoms with Crippen LogP contribution in [0.1, 0.15) is 30.1 Å². The normalized spacial score (nSPS) is 12.4. The first-order valence-corrected chi connectivity index (χ1v) is 8.65. The van der Waals surface area contributed by atoms with E-state index in [0.717, 1.165) is 16.8 Å². The van der Waals surface area contributed by atoms with E-state index in [1.165, 1.54) is 12.1 Å². The molecule has 0 aliphatic carbocycles. The standard InChI is InChI=1S/C19H19FN6O/c1-3-27-17(13-6-8-14(20)9-7-13)19-22-18(15-5-4-10-26(15)25-19)21-16-11-12(2)23-24-16/h4-11,17H,3H2,1-2H3,(H2,21,22,23,24,25). The number of aromatic amines is 1. The van der Waals surface area contributed by atoms with E-state index in [2.05, 4.69) is 25.6 Å². The Hall–Kier alpha value is -3.26. The Morgan fingerprint density at radius 3 is 2.78 bits per heavy atom. The predicted molar refractivity (Wildman–Crippen MR) is 99.5 cm³/mol. The lowest BCUT2D eigenvalue weighted by Crippen LogP contribution is -2.14. The van der Waals surface area contributed by atoms with E-state index in [-0.39, 0.29) is 5.82 Å². The van der Waals surface area contributed by atoms with Gasteiger partial charge in [-0.15, -0.1) is 5.10 Å². The molecule has 1 aromatic carbocycles. The first-order valence-electron chi connectivity index (χ1n) is 8.65. The maximum absolute atomic E-state index is 13.3. The van der Waals surface area contributed by atoms with Crippen molar-refractivity contribution in [2.24, 2.45) is 0 Å². The third kappa shape index (κ3) is 3.52. The number of H-pyrrole nitrogens is 1. The summed E-state index contributed by atoms with van der Waals surface area (Å²) in [5.41, 5.74) is 2.54. The Morgan fingerprint density at radius 2 is 2.07 bits per heavy atom. The highest BCUT2D eigenvalue weighted by atomic mass is 19.1. The number of aryl methyl sites for hydroxylation is 1. The van der Waals surface area contributed by atoms with Crippen LogP contribution in [0.2, 0.25) is 0 Å². The summed E-state index contributed by atoms with van der Waals surface area (Å²) in [5, 5.41) is 14.9. The van der Waals surface area contributed by atoms with Crippen molar-refractivity contribution in [1.29, 1.82) is 0 Å². The summed E-state index contributed by atoms with van der Waals surface area (Å²) in [6, 6.07) is 11.9. The van der Waals surface area contributed by atoms with Crippen LogP contribution >= 0.6 is 0 Å². The highest BCUT2D eigenvalue weighted by molar-refractivity contribution is 5.72. The molecule has 0 amide bonds. The number of nitrogens with zero attached hydrogens (tertiary/aromatic N) is 4. The minimum Gasteiger partial charge on any atom is -0.366 e. The maximum atomic E-state index is 13.3. The maximum Gasteiger partial charge on any atom is 0.184 e. The quantitative estimate of drug-likeness (QED) is 0.543. The molecule has 0 aliphatic rings. The number of anilines is 2. The van der Waals surface area contributed by atoms with Gasteiger partial charge >= 0.3 is 0 Å². The summed E-state index contributed by atoms with van der Waals surface area (Å²) in [4.78, 5) is 4.68. The van der Waals surface area contributed by atoms with Crippen molar-refractivity contribution in [1.82, 2.24) is 24.8 Å². The minimum atomic E-state index is -0.510. The fourth-order valence-corrected chi connectivity index (χ4v) is 2.88. The van der Waals surface area contributed by atoms with E-state index in [1.807, 2.05) is 38.2 Å². The monoisotopic (exact) mass is 366 g/mol. The zero-order chi connectivity index (χ0) is 18.8.